The van der Waals surface area contributed by atoms with Gasteiger partial charge in [0.2, 0.25) is 0 Å². The SMILES string of the molecule is C=CP(c1cc(C)cc(C)c1)c1cc(C)cc(C)c1. The lowest BCUT2D eigenvalue weighted by Crippen LogP contribution is -2.12. The molecule has 0 aliphatic carbocycles. The quantitative estimate of drug-likeness (QED) is 0.719. The number of rotatable bonds is 3. The van der Waals surface area contributed by atoms with Crippen LogP contribution in [0, 0.1) is 27.7 Å². The van der Waals surface area contributed by atoms with Crippen LogP contribution in [-0.2, 0) is 0 Å². The van der Waals surface area contributed by atoms with Gasteiger partial charge < -0.3 is 0 Å². The Hall–Kier alpha value is -1.39. The van der Waals surface area contributed by atoms with Crippen molar-refractivity contribution in [3.63, 3.8) is 0 Å². The van der Waals surface area contributed by atoms with Crippen LogP contribution in [0.3, 0.4) is 0 Å². The molecule has 0 spiro atoms. The minimum Gasteiger partial charge on any atom is -0.0980 e. The van der Waals surface area contributed by atoms with E-state index in [9.17, 15) is 0 Å². The van der Waals surface area contributed by atoms with Crippen LogP contribution < -0.4 is 10.6 Å². The number of benzene rings is 2. The lowest BCUT2D eigenvalue weighted by atomic mass is 10.2. The maximum Gasteiger partial charge on any atom is -0.0152 e. The van der Waals surface area contributed by atoms with Crippen LogP contribution in [0.2, 0.25) is 0 Å². The van der Waals surface area contributed by atoms with Gasteiger partial charge in [-0.05, 0) is 46.2 Å². The zero-order chi connectivity index (χ0) is 14.0. The fraction of sp³-hybridized carbons (Fsp3) is 0.222. The maximum atomic E-state index is 4.06. The first-order chi connectivity index (χ1) is 8.99. The van der Waals surface area contributed by atoms with Crippen LogP contribution in [0.25, 0.3) is 0 Å². The van der Waals surface area contributed by atoms with Gasteiger partial charge in [-0.25, -0.2) is 0 Å². The van der Waals surface area contributed by atoms with Crippen molar-refractivity contribution in [2.75, 3.05) is 0 Å². The second kappa shape index (κ2) is 5.72. The molecule has 0 fully saturated rings. The monoisotopic (exact) mass is 268 g/mol. The summed E-state index contributed by atoms with van der Waals surface area (Å²) in [7, 11) is -0.450. The third-order valence-electron chi connectivity index (χ3n) is 3.15. The summed E-state index contributed by atoms with van der Waals surface area (Å²) < 4.78 is 0. The predicted molar refractivity (Wildman–Crippen MR) is 88.2 cm³/mol. The molecule has 2 rings (SSSR count). The zero-order valence-electron chi connectivity index (χ0n) is 12.2. The van der Waals surface area contributed by atoms with E-state index in [0.29, 0.717) is 0 Å². The van der Waals surface area contributed by atoms with Crippen molar-refractivity contribution >= 4 is 18.5 Å². The Kier molecular flexibility index (Phi) is 4.22. The highest BCUT2D eigenvalue weighted by molar-refractivity contribution is 7.75. The van der Waals surface area contributed by atoms with Crippen LogP contribution in [0.4, 0.5) is 0 Å². The second-order valence-corrected chi connectivity index (χ2v) is 7.38. The Balaban J connectivity index is 2.52. The molecule has 0 nitrogen and oxygen atoms in total. The van der Waals surface area contributed by atoms with Gasteiger partial charge in [-0.1, -0.05) is 71.0 Å². The first-order valence-corrected chi connectivity index (χ1v) is 7.99. The van der Waals surface area contributed by atoms with Crippen LogP contribution in [0.15, 0.2) is 48.8 Å². The van der Waals surface area contributed by atoms with Crippen molar-refractivity contribution in [1.29, 1.82) is 0 Å². The largest absolute Gasteiger partial charge is 0.0980 e. The van der Waals surface area contributed by atoms with Gasteiger partial charge in [0.1, 0.15) is 0 Å². The van der Waals surface area contributed by atoms with E-state index in [1.807, 2.05) is 0 Å². The van der Waals surface area contributed by atoms with E-state index < -0.39 is 7.92 Å². The summed E-state index contributed by atoms with van der Waals surface area (Å²) in [5.74, 6) is 2.11. The van der Waals surface area contributed by atoms with Gasteiger partial charge in [-0.3, -0.25) is 0 Å². The van der Waals surface area contributed by atoms with E-state index in [1.54, 1.807) is 0 Å². The fourth-order valence-corrected chi connectivity index (χ4v) is 4.63. The van der Waals surface area contributed by atoms with Crippen LogP contribution in [0.5, 0.6) is 0 Å². The highest BCUT2D eigenvalue weighted by Crippen LogP contribution is 2.35. The molecule has 1 heteroatoms. The molecule has 0 saturated heterocycles. The Morgan fingerprint density at radius 1 is 0.684 bits per heavy atom. The van der Waals surface area contributed by atoms with E-state index >= 15 is 0 Å². The average Bonchev–Trinajstić information content (AvgIpc) is 2.27. The van der Waals surface area contributed by atoms with E-state index in [-0.39, 0.29) is 0 Å². The van der Waals surface area contributed by atoms with Gasteiger partial charge in [0, 0.05) is 0 Å². The normalized spacial score (nSPS) is 10.8. The van der Waals surface area contributed by atoms with Gasteiger partial charge >= 0.3 is 0 Å². The van der Waals surface area contributed by atoms with Gasteiger partial charge in [0.15, 0.2) is 0 Å². The molecule has 0 saturated carbocycles. The van der Waals surface area contributed by atoms with Gasteiger partial charge in [-0.15, -0.1) is 0 Å². The summed E-state index contributed by atoms with van der Waals surface area (Å²) in [6.07, 6.45) is 0. The molecule has 0 radical (unpaired) electrons. The van der Waals surface area contributed by atoms with E-state index in [0.717, 1.165) is 0 Å². The Morgan fingerprint density at radius 2 is 1.00 bits per heavy atom. The molecule has 0 aliphatic heterocycles. The summed E-state index contributed by atoms with van der Waals surface area (Å²) in [5.41, 5.74) is 5.31. The molecule has 2 aromatic carbocycles. The molecule has 0 heterocycles. The molecule has 0 aromatic heterocycles. The molecule has 98 valence electrons. The van der Waals surface area contributed by atoms with Crippen LogP contribution in [0.1, 0.15) is 22.3 Å². The molecule has 19 heavy (non-hydrogen) atoms. The molecule has 0 aliphatic rings. The first-order valence-electron chi connectivity index (χ1n) is 6.58. The molecule has 2 aromatic rings. The van der Waals surface area contributed by atoms with Crippen LogP contribution in [-0.4, -0.2) is 0 Å². The number of aryl methyl sites for hydroxylation is 4. The summed E-state index contributed by atoms with van der Waals surface area (Å²) in [6, 6.07) is 13.6. The van der Waals surface area contributed by atoms with Crippen molar-refractivity contribution in [2.45, 2.75) is 27.7 Å². The summed E-state index contributed by atoms with van der Waals surface area (Å²) in [4.78, 5) is 0. The van der Waals surface area contributed by atoms with Crippen molar-refractivity contribution in [3.05, 3.63) is 71.0 Å². The minimum atomic E-state index is -0.450. The summed E-state index contributed by atoms with van der Waals surface area (Å²) >= 11 is 0. The van der Waals surface area contributed by atoms with Gasteiger partial charge in [-0.2, -0.15) is 0 Å². The predicted octanol–water partition coefficient (Wildman–Crippen LogP) is 4.50. The number of hydrogen-bond donors (Lipinski definition) is 0. The fourth-order valence-electron chi connectivity index (χ4n) is 2.54. The second-order valence-electron chi connectivity index (χ2n) is 5.24. The topological polar surface area (TPSA) is 0 Å². The Bertz CT molecular complexity index is 519. The lowest BCUT2D eigenvalue weighted by Gasteiger charge is -2.17. The standard InChI is InChI=1S/C18H21P/c1-6-19(17-9-13(2)7-14(3)10-17)18-11-15(4)8-16(5)12-18/h6-12H,1H2,2-5H3. The van der Waals surface area contributed by atoms with Crippen molar-refractivity contribution in [3.8, 4) is 0 Å². The molecule has 0 atom stereocenters. The Morgan fingerprint density at radius 3 is 1.26 bits per heavy atom. The molecular formula is C18H21P. The third-order valence-corrected chi connectivity index (χ3v) is 5.15. The Labute approximate surface area is 117 Å². The van der Waals surface area contributed by atoms with Crippen LogP contribution >= 0.6 is 7.92 Å². The van der Waals surface area contributed by atoms with Gasteiger partial charge in [0.25, 0.3) is 0 Å². The highest BCUT2D eigenvalue weighted by atomic mass is 31.1. The zero-order valence-corrected chi connectivity index (χ0v) is 13.1. The minimum absolute atomic E-state index is 0.450. The molecular weight excluding hydrogens is 247 g/mol. The average molecular weight is 268 g/mol. The number of hydrogen-bond acceptors (Lipinski definition) is 0. The smallest absolute Gasteiger partial charge is 0.0152 e. The third kappa shape index (κ3) is 3.33. The molecule has 0 bridgehead atoms. The molecule has 0 N–H and O–H groups in total. The first kappa shape index (κ1) is 14.0. The van der Waals surface area contributed by atoms with E-state index in [2.05, 4.69) is 76.5 Å². The van der Waals surface area contributed by atoms with Crippen molar-refractivity contribution in [1.82, 2.24) is 0 Å². The summed E-state index contributed by atoms with van der Waals surface area (Å²) in [6.45, 7) is 12.7. The van der Waals surface area contributed by atoms with Crippen molar-refractivity contribution in [2.24, 2.45) is 0 Å². The van der Waals surface area contributed by atoms with Gasteiger partial charge in [0.05, 0.1) is 0 Å². The van der Waals surface area contributed by atoms with E-state index in [1.165, 1.54) is 32.9 Å². The maximum absolute atomic E-state index is 4.06. The summed E-state index contributed by atoms with van der Waals surface area (Å²) in [5, 5.41) is 2.79. The van der Waals surface area contributed by atoms with E-state index in [4.69, 9.17) is 0 Å². The highest BCUT2D eigenvalue weighted by Gasteiger charge is 2.11. The lowest BCUT2D eigenvalue weighted by molar-refractivity contribution is 1.40. The van der Waals surface area contributed by atoms with Crippen molar-refractivity contribution < 1.29 is 0 Å². The molecule has 0 amide bonds. The molecule has 0 unspecified atom stereocenters.